The summed E-state index contributed by atoms with van der Waals surface area (Å²) >= 11 is 3.03. The highest BCUT2D eigenvalue weighted by molar-refractivity contribution is 9.10. The normalized spacial score (nSPS) is 22.6. The number of rotatable bonds is 2. The van der Waals surface area contributed by atoms with Crippen LogP contribution in [0.5, 0.6) is 0 Å². The van der Waals surface area contributed by atoms with Crippen LogP contribution in [0, 0.1) is 0 Å². The molecule has 1 atom stereocenters. The van der Waals surface area contributed by atoms with Gasteiger partial charge in [0.1, 0.15) is 0 Å². The Bertz CT molecular complexity index is 558. The lowest BCUT2D eigenvalue weighted by molar-refractivity contribution is -0.253. The van der Waals surface area contributed by atoms with Crippen LogP contribution >= 0.6 is 15.9 Å². The van der Waals surface area contributed by atoms with E-state index in [1.54, 1.807) is 0 Å². The monoisotopic (exact) mass is 335 g/mol. The molecule has 0 aliphatic carbocycles. The van der Waals surface area contributed by atoms with Crippen molar-refractivity contribution in [3.8, 4) is 0 Å². The van der Waals surface area contributed by atoms with Crippen LogP contribution in [-0.2, 0) is 10.4 Å². The van der Waals surface area contributed by atoms with Crippen molar-refractivity contribution in [3.05, 3.63) is 40.9 Å². The fraction of sp³-hybridized carbons (Fsp3) is 0.250. The van der Waals surface area contributed by atoms with Crippen LogP contribution < -0.4 is 4.90 Å². The third kappa shape index (κ3) is 1.88. The first-order chi connectivity index (χ1) is 8.73. The molecular weight excluding hydrogens is 327 g/mol. The van der Waals surface area contributed by atoms with Crippen LogP contribution in [0.3, 0.4) is 0 Å². The fourth-order valence-electron chi connectivity index (χ4n) is 2.04. The van der Waals surface area contributed by atoms with Crippen molar-refractivity contribution in [1.82, 2.24) is 0 Å². The summed E-state index contributed by atoms with van der Waals surface area (Å²) in [5.41, 5.74) is -3.94. The lowest BCUT2D eigenvalue weighted by Crippen LogP contribution is -2.50. The number of alkyl halides is 3. The number of halogens is 4. The van der Waals surface area contributed by atoms with Crippen molar-refractivity contribution in [3.63, 3.8) is 0 Å². The molecule has 1 aliphatic heterocycles. The number of hydrogen-bond acceptors (Lipinski definition) is 2. The molecule has 102 valence electrons. The van der Waals surface area contributed by atoms with Crippen LogP contribution in [0.25, 0.3) is 0 Å². The van der Waals surface area contributed by atoms with E-state index < -0.39 is 23.2 Å². The van der Waals surface area contributed by atoms with Crippen molar-refractivity contribution in [1.29, 1.82) is 0 Å². The minimum Gasteiger partial charge on any atom is -0.368 e. The van der Waals surface area contributed by atoms with Crippen LogP contribution in [-0.4, -0.2) is 23.7 Å². The van der Waals surface area contributed by atoms with Gasteiger partial charge in [0.15, 0.2) is 0 Å². The summed E-state index contributed by atoms with van der Waals surface area (Å²) in [6.45, 7) is 3.29. The Labute approximate surface area is 115 Å². The molecule has 1 aromatic carbocycles. The minimum absolute atomic E-state index is 0.0351. The number of carbonyl (C=O) groups excluding carboxylic acids is 1. The van der Waals surface area contributed by atoms with Crippen LogP contribution in [0.1, 0.15) is 5.56 Å². The standard InChI is InChI=1S/C12H9BrF3NO2/c1-2-5-17-9-4-3-7(13)6-8(9)11(19,10(17)18)12(14,15)16/h2-4,6,19H,1,5H2. The molecule has 0 saturated carbocycles. The van der Waals surface area contributed by atoms with E-state index in [1.165, 1.54) is 18.2 Å². The highest BCUT2D eigenvalue weighted by Gasteiger charge is 2.66. The molecule has 7 heteroatoms. The van der Waals surface area contributed by atoms with E-state index in [-0.39, 0.29) is 12.2 Å². The topological polar surface area (TPSA) is 40.5 Å². The Kier molecular flexibility index (Phi) is 3.22. The molecule has 19 heavy (non-hydrogen) atoms. The van der Waals surface area contributed by atoms with E-state index in [2.05, 4.69) is 22.5 Å². The zero-order chi connectivity index (χ0) is 14.4. The largest absolute Gasteiger partial charge is 0.430 e. The summed E-state index contributed by atoms with van der Waals surface area (Å²) in [4.78, 5) is 12.8. The molecule has 2 rings (SSSR count). The second kappa shape index (κ2) is 4.35. The van der Waals surface area contributed by atoms with Gasteiger partial charge in [0.25, 0.3) is 11.5 Å². The molecule has 1 aliphatic rings. The number of aliphatic hydroxyl groups is 1. The lowest BCUT2D eigenvalue weighted by Gasteiger charge is -2.25. The fourth-order valence-corrected chi connectivity index (χ4v) is 2.40. The van der Waals surface area contributed by atoms with E-state index >= 15 is 0 Å². The number of nitrogens with zero attached hydrogens (tertiary/aromatic N) is 1. The van der Waals surface area contributed by atoms with Crippen molar-refractivity contribution in [2.75, 3.05) is 11.4 Å². The van der Waals surface area contributed by atoms with Crippen LogP contribution in [0.15, 0.2) is 35.3 Å². The first-order valence-electron chi connectivity index (χ1n) is 5.25. The van der Waals surface area contributed by atoms with Crippen LogP contribution in [0.4, 0.5) is 18.9 Å². The first kappa shape index (κ1) is 14.1. The Morgan fingerprint density at radius 3 is 2.63 bits per heavy atom. The lowest BCUT2D eigenvalue weighted by atomic mass is 9.95. The van der Waals surface area contributed by atoms with E-state index in [1.807, 2.05) is 0 Å². The molecule has 0 spiro atoms. The highest BCUT2D eigenvalue weighted by atomic mass is 79.9. The number of fused-ring (bicyclic) bond motifs is 1. The number of hydrogen-bond donors (Lipinski definition) is 1. The molecule has 0 bridgehead atoms. The highest BCUT2D eigenvalue weighted by Crippen LogP contribution is 2.49. The Morgan fingerprint density at radius 1 is 1.47 bits per heavy atom. The molecule has 0 aromatic heterocycles. The maximum absolute atomic E-state index is 13.1. The van der Waals surface area contributed by atoms with Gasteiger partial charge in [0.2, 0.25) is 0 Å². The van der Waals surface area contributed by atoms with Gasteiger partial charge in [-0.1, -0.05) is 22.0 Å². The quantitative estimate of drug-likeness (QED) is 0.844. The summed E-state index contributed by atoms with van der Waals surface area (Å²) in [6, 6.07) is 3.96. The van der Waals surface area contributed by atoms with Crippen molar-refractivity contribution in [2.45, 2.75) is 11.8 Å². The number of carbonyl (C=O) groups is 1. The molecule has 1 unspecified atom stereocenters. The van der Waals surface area contributed by atoms with E-state index in [0.717, 1.165) is 11.0 Å². The van der Waals surface area contributed by atoms with Gasteiger partial charge in [0.05, 0.1) is 5.69 Å². The molecule has 1 aromatic rings. The van der Waals surface area contributed by atoms with Crippen molar-refractivity contribution < 1.29 is 23.1 Å². The minimum atomic E-state index is -5.09. The first-order valence-corrected chi connectivity index (χ1v) is 6.04. The zero-order valence-corrected chi connectivity index (χ0v) is 11.1. The van der Waals surface area contributed by atoms with Gasteiger partial charge < -0.3 is 10.0 Å². The second-order valence-electron chi connectivity index (χ2n) is 4.07. The van der Waals surface area contributed by atoms with Gasteiger partial charge in [0, 0.05) is 16.6 Å². The van der Waals surface area contributed by atoms with Gasteiger partial charge in [-0.2, -0.15) is 13.2 Å². The summed E-state index contributed by atoms with van der Waals surface area (Å²) in [7, 11) is 0. The molecule has 3 nitrogen and oxygen atoms in total. The van der Waals surface area contributed by atoms with E-state index in [9.17, 15) is 23.1 Å². The van der Waals surface area contributed by atoms with Gasteiger partial charge in [-0.25, -0.2) is 0 Å². The zero-order valence-electron chi connectivity index (χ0n) is 9.54. The van der Waals surface area contributed by atoms with Crippen LogP contribution in [0.2, 0.25) is 0 Å². The summed E-state index contributed by atoms with van der Waals surface area (Å²) in [5.74, 6) is -1.41. The maximum atomic E-state index is 13.1. The summed E-state index contributed by atoms with van der Waals surface area (Å²) < 4.78 is 39.6. The molecule has 0 radical (unpaired) electrons. The SMILES string of the molecule is C=CCN1C(=O)C(O)(C(F)(F)F)c2cc(Br)ccc21. The molecule has 0 fully saturated rings. The average molecular weight is 336 g/mol. The number of benzene rings is 1. The molecule has 1 heterocycles. The number of anilines is 1. The molecular formula is C12H9BrF3NO2. The second-order valence-corrected chi connectivity index (χ2v) is 4.99. The number of amides is 1. The van der Waals surface area contributed by atoms with Gasteiger partial charge in [-0.3, -0.25) is 4.79 Å². The van der Waals surface area contributed by atoms with Gasteiger partial charge in [-0.05, 0) is 18.2 Å². The average Bonchev–Trinajstić information content (AvgIpc) is 2.52. The van der Waals surface area contributed by atoms with Gasteiger partial charge in [-0.15, -0.1) is 6.58 Å². The smallest absolute Gasteiger partial charge is 0.368 e. The third-order valence-electron chi connectivity index (χ3n) is 2.92. The predicted octanol–water partition coefficient (Wildman–Crippen LogP) is 2.73. The Hall–Kier alpha value is -1.34. The predicted molar refractivity (Wildman–Crippen MR) is 66.6 cm³/mol. The van der Waals surface area contributed by atoms with Gasteiger partial charge >= 0.3 is 6.18 Å². The Morgan fingerprint density at radius 2 is 2.11 bits per heavy atom. The van der Waals surface area contributed by atoms with Crippen molar-refractivity contribution in [2.24, 2.45) is 0 Å². The summed E-state index contributed by atoms with van der Waals surface area (Å²) in [5, 5.41) is 9.90. The van der Waals surface area contributed by atoms with E-state index in [0.29, 0.717) is 4.47 Å². The molecule has 1 N–H and O–H groups in total. The Balaban J connectivity index is 2.70. The third-order valence-corrected chi connectivity index (χ3v) is 3.41. The maximum Gasteiger partial charge on any atom is 0.430 e. The summed E-state index contributed by atoms with van der Waals surface area (Å²) in [6.07, 6.45) is -3.79. The molecule has 1 amide bonds. The van der Waals surface area contributed by atoms with Crippen molar-refractivity contribution >= 4 is 27.5 Å². The van der Waals surface area contributed by atoms with E-state index in [4.69, 9.17) is 0 Å². The molecule has 0 saturated heterocycles.